The van der Waals surface area contributed by atoms with Crippen LogP contribution in [-0.2, 0) is 22.4 Å². The molecule has 25 heavy (non-hydrogen) atoms. The van der Waals surface area contributed by atoms with Crippen molar-refractivity contribution in [1.29, 1.82) is 0 Å². The van der Waals surface area contributed by atoms with Gasteiger partial charge in [0.25, 0.3) is 0 Å². The SMILES string of the molecule is CCCCCC(Oc1ccc2oc3c(c2c1)CCCC3)C(=O)OCC. The number of furan rings is 1. The van der Waals surface area contributed by atoms with Gasteiger partial charge in [-0.2, -0.15) is 0 Å². The number of esters is 1. The number of aryl methyl sites for hydroxylation is 2. The molecule has 0 saturated carbocycles. The maximum atomic E-state index is 12.2. The van der Waals surface area contributed by atoms with Crippen LogP contribution in [0.25, 0.3) is 11.0 Å². The van der Waals surface area contributed by atoms with Gasteiger partial charge in [0, 0.05) is 17.4 Å². The molecule has 1 aromatic heterocycles. The van der Waals surface area contributed by atoms with E-state index in [9.17, 15) is 4.79 Å². The van der Waals surface area contributed by atoms with E-state index in [1.165, 1.54) is 18.4 Å². The van der Waals surface area contributed by atoms with E-state index in [0.717, 1.165) is 54.6 Å². The largest absolute Gasteiger partial charge is 0.479 e. The van der Waals surface area contributed by atoms with Gasteiger partial charge < -0.3 is 13.9 Å². The molecule has 136 valence electrons. The topological polar surface area (TPSA) is 48.7 Å². The van der Waals surface area contributed by atoms with Crippen molar-refractivity contribution in [1.82, 2.24) is 0 Å². The Hall–Kier alpha value is -1.97. The van der Waals surface area contributed by atoms with Gasteiger partial charge in [-0.05, 0) is 57.2 Å². The summed E-state index contributed by atoms with van der Waals surface area (Å²) >= 11 is 0. The highest BCUT2D eigenvalue weighted by atomic mass is 16.6. The molecule has 4 nitrogen and oxygen atoms in total. The van der Waals surface area contributed by atoms with Crippen molar-refractivity contribution in [2.24, 2.45) is 0 Å². The zero-order valence-electron chi connectivity index (χ0n) is 15.3. The first-order valence-electron chi connectivity index (χ1n) is 9.60. The second-order valence-electron chi connectivity index (χ2n) is 6.72. The van der Waals surface area contributed by atoms with Gasteiger partial charge in [0.05, 0.1) is 6.61 Å². The molecule has 0 amide bonds. The van der Waals surface area contributed by atoms with Crippen LogP contribution < -0.4 is 4.74 Å². The van der Waals surface area contributed by atoms with Crippen LogP contribution in [0.4, 0.5) is 0 Å². The lowest BCUT2D eigenvalue weighted by molar-refractivity contribution is -0.151. The van der Waals surface area contributed by atoms with E-state index >= 15 is 0 Å². The van der Waals surface area contributed by atoms with Crippen LogP contribution in [0.3, 0.4) is 0 Å². The van der Waals surface area contributed by atoms with Gasteiger partial charge in [0.1, 0.15) is 17.1 Å². The van der Waals surface area contributed by atoms with Crippen LogP contribution in [0, 0.1) is 0 Å². The maximum Gasteiger partial charge on any atom is 0.347 e. The number of fused-ring (bicyclic) bond motifs is 3. The lowest BCUT2D eigenvalue weighted by Gasteiger charge is -2.17. The minimum absolute atomic E-state index is 0.270. The van der Waals surface area contributed by atoms with Gasteiger partial charge in [-0.25, -0.2) is 4.79 Å². The normalized spacial score (nSPS) is 15.0. The molecule has 0 fully saturated rings. The van der Waals surface area contributed by atoms with Gasteiger partial charge in [-0.15, -0.1) is 0 Å². The third-order valence-electron chi connectivity index (χ3n) is 4.82. The molecule has 1 atom stereocenters. The summed E-state index contributed by atoms with van der Waals surface area (Å²) in [6, 6.07) is 5.87. The quantitative estimate of drug-likeness (QED) is 0.488. The summed E-state index contributed by atoms with van der Waals surface area (Å²) in [5.74, 6) is 1.56. The van der Waals surface area contributed by atoms with E-state index in [-0.39, 0.29) is 5.97 Å². The molecule has 1 aliphatic carbocycles. The molecule has 3 rings (SSSR count). The molecule has 1 heterocycles. The first-order valence-corrected chi connectivity index (χ1v) is 9.60. The molecule has 1 unspecified atom stereocenters. The van der Waals surface area contributed by atoms with E-state index < -0.39 is 6.10 Å². The Bertz CT molecular complexity index is 716. The van der Waals surface area contributed by atoms with Crippen LogP contribution in [0.2, 0.25) is 0 Å². The molecule has 0 saturated heterocycles. The summed E-state index contributed by atoms with van der Waals surface area (Å²) in [4.78, 5) is 12.2. The zero-order valence-corrected chi connectivity index (χ0v) is 15.3. The Morgan fingerprint density at radius 1 is 1.20 bits per heavy atom. The van der Waals surface area contributed by atoms with Crippen molar-refractivity contribution < 1.29 is 18.7 Å². The summed E-state index contributed by atoms with van der Waals surface area (Å²) in [5, 5.41) is 1.13. The van der Waals surface area contributed by atoms with Crippen molar-refractivity contribution in [2.75, 3.05) is 6.61 Å². The minimum Gasteiger partial charge on any atom is -0.479 e. The Labute approximate surface area is 149 Å². The summed E-state index contributed by atoms with van der Waals surface area (Å²) in [6.07, 6.45) is 7.79. The molecular weight excluding hydrogens is 316 g/mol. The van der Waals surface area contributed by atoms with E-state index in [2.05, 4.69) is 6.92 Å². The van der Waals surface area contributed by atoms with Crippen LogP contribution in [-0.4, -0.2) is 18.7 Å². The highest BCUT2D eigenvalue weighted by Crippen LogP contribution is 2.34. The number of unbranched alkanes of at least 4 members (excludes halogenated alkanes) is 2. The van der Waals surface area contributed by atoms with Crippen molar-refractivity contribution in [3.63, 3.8) is 0 Å². The van der Waals surface area contributed by atoms with Crippen molar-refractivity contribution in [3.8, 4) is 5.75 Å². The smallest absolute Gasteiger partial charge is 0.347 e. The number of rotatable bonds is 8. The Morgan fingerprint density at radius 2 is 2.04 bits per heavy atom. The third kappa shape index (κ3) is 4.17. The van der Waals surface area contributed by atoms with Crippen molar-refractivity contribution >= 4 is 16.9 Å². The Morgan fingerprint density at radius 3 is 2.84 bits per heavy atom. The van der Waals surface area contributed by atoms with Gasteiger partial charge in [-0.3, -0.25) is 0 Å². The maximum absolute atomic E-state index is 12.2. The van der Waals surface area contributed by atoms with Gasteiger partial charge in [0.2, 0.25) is 0 Å². The van der Waals surface area contributed by atoms with Gasteiger partial charge in [0.15, 0.2) is 6.10 Å². The molecule has 0 N–H and O–H groups in total. The van der Waals surface area contributed by atoms with Crippen molar-refractivity contribution in [3.05, 3.63) is 29.5 Å². The zero-order chi connectivity index (χ0) is 17.6. The van der Waals surface area contributed by atoms with E-state index in [4.69, 9.17) is 13.9 Å². The predicted octanol–water partition coefficient (Wildman–Crippen LogP) is 5.20. The minimum atomic E-state index is -0.535. The second-order valence-corrected chi connectivity index (χ2v) is 6.72. The van der Waals surface area contributed by atoms with E-state index in [0.29, 0.717) is 13.0 Å². The number of carbonyl (C=O) groups excluding carboxylic acids is 1. The van der Waals surface area contributed by atoms with Crippen LogP contribution in [0.5, 0.6) is 5.75 Å². The molecule has 1 aliphatic rings. The standard InChI is InChI=1S/C21H28O4/c1-3-5-6-11-20(21(22)23-4-2)24-15-12-13-19-17(14-15)16-9-7-8-10-18(16)25-19/h12-14,20H,3-11H2,1-2H3. The van der Waals surface area contributed by atoms with Gasteiger partial charge in [-0.1, -0.05) is 19.8 Å². The Kier molecular flexibility index (Phi) is 6.00. The van der Waals surface area contributed by atoms with Gasteiger partial charge >= 0.3 is 5.97 Å². The van der Waals surface area contributed by atoms with Crippen LogP contribution in [0.15, 0.2) is 22.6 Å². The van der Waals surface area contributed by atoms with Crippen LogP contribution in [0.1, 0.15) is 63.7 Å². The van der Waals surface area contributed by atoms with E-state index in [1.807, 2.05) is 25.1 Å². The van der Waals surface area contributed by atoms with E-state index in [1.54, 1.807) is 0 Å². The summed E-state index contributed by atoms with van der Waals surface area (Å²) < 4.78 is 17.2. The summed E-state index contributed by atoms with van der Waals surface area (Å²) in [6.45, 7) is 4.35. The average Bonchev–Trinajstić information content (AvgIpc) is 2.99. The first-order chi connectivity index (χ1) is 12.2. The summed E-state index contributed by atoms with van der Waals surface area (Å²) in [7, 11) is 0. The first kappa shape index (κ1) is 17.8. The molecule has 1 aromatic carbocycles. The number of ether oxygens (including phenoxy) is 2. The molecule has 4 heteroatoms. The molecule has 0 spiro atoms. The van der Waals surface area contributed by atoms with Crippen LogP contribution >= 0.6 is 0 Å². The highest BCUT2D eigenvalue weighted by molar-refractivity contribution is 5.84. The highest BCUT2D eigenvalue weighted by Gasteiger charge is 2.23. The fourth-order valence-corrected chi connectivity index (χ4v) is 3.52. The number of hydrogen-bond donors (Lipinski definition) is 0. The fourth-order valence-electron chi connectivity index (χ4n) is 3.52. The fraction of sp³-hybridized carbons (Fsp3) is 0.571. The lowest BCUT2D eigenvalue weighted by Crippen LogP contribution is -2.29. The monoisotopic (exact) mass is 344 g/mol. The molecule has 0 aliphatic heterocycles. The Balaban J connectivity index is 1.79. The number of hydrogen-bond acceptors (Lipinski definition) is 4. The number of carbonyl (C=O) groups is 1. The van der Waals surface area contributed by atoms with Crippen molar-refractivity contribution in [2.45, 2.75) is 71.3 Å². The molecule has 2 aromatic rings. The second kappa shape index (κ2) is 8.41. The summed E-state index contributed by atoms with van der Waals surface area (Å²) in [5.41, 5.74) is 2.23. The molecule has 0 bridgehead atoms. The third-order valence-corrected chi connectivity index (χ3v) is 4.82. The molecular formula is C21H28O4. The number of benzene rings is 1. The average molecular weight is 344 g/mol. The molecule has 0 radical (unpaired) electrons. The predicted molar refractivity (Wildman–Crippen MR) is 98.0 cm³/mol. The lowest BCUT2D eigenvalue weighted by atomic mass is 9.96.